The van der Waals surface area contributed by atoms with Crippen molar-refractivity contribution in [1.82, 2.24) is 5.32 Å². The van der Waals surface area contributed by atoms with E-state index in [0.717, 1.165) is 4.90 Å². The monoisotopic (exact) mass is 394 g/mol. The Morgan fingerprint density at radius 3 is 2.36 bits per heavy atom. The highest BCUT2D eigenvalue weighted by Crippen LogP contribution is 2.29. The van der Waals surface area contributed by atoms with Gasteiger partial charge in [0.2, 0.25) is 0 Å². The Hall–Kier alpha value is -2.34. The number of nitrogens with zero attached hydrogens (tertiary/aromatic N) is 1. The van der Waals surface area contributed by atoms with Gasteiger partial charge in [0, 0.05) is 5.02 Å². The highest BCUT2D eigenvalue weighted by atomic mass is 35.5. The van der Waals surface area contributed by atoms with Crippen LogP contribution >= 0.6 is 34.8 Å². The molecule has 1 aliphatic heterocycles. The van der Waals surface area contributed by atoms with Crippen LogP contribution in [0.5, 0.6) is 0 Å². The Morgan fingerprint density at radius 1 is 0.920 bits per heavy atom. The van der Waals surface area contributed by atoms with Crippen molar-refractivity contribution in [1.29, 1.82) is 0 Å². The summed E-state index contributed by atoms with van der Waals surface area (Å²) in [4.78, 5) is 37.7. The van der Waals surface area contributed by atoms with Gasteiger partial charge in [0.15, 0.2) is 0 Å². The van der Waals surface area contributed by atoms with Gasteiger partial charge in [-0.1, -0.05) is 46.9 Å². The summed E-state index contributed by atoms with van der Waals surface area (Å²) in [5.41, 5.74) is 0.545. The number of urea groups is 1. The molecule has 0 radical (unpaired) electrons. The molecule has 2 aromatic carbocycles. The van der Waals surface area contributed by atoms with Crippen molar-refractivity contribution < 1.29 is 14.4 Å². The second-order valence-electron chi connectivity index (χ2n) is 5.11. The molecule has 8 heteroatoms. The highest BCUT2D eigenvalue weighted by molar-refractivity contribution is 6.43. The van der Waals surface area contributed by atoms with Crippen LogP contribution in [0.25, 0.3) is 6.08 Å². The van der Waals surface area contributed by atoms with Crippen molar-refractivity contribution >= 4 is 64.4 Å². The molecule has 1 aliphatic rings. The number of barbiturate groups is 1. The van der Waals surface area contributed by atoms with Crippen LogP contribution in [-0.4, -0.2) is 17.8 Å². The number of halogens is 3. The van der Waals surface area contributed by atoms with Crippen LogP contribution in [0.3, 0.4) is 0 Å². The van der Waals surface area contributed by atoms with E-state index in [0.29, 0.717) is 10.6 Å². The van der Waals surface area contributed by atoms with Gasteiger partial charge in [-0.2, -0.15) is 0 Å². The fraction of sp³-hybridized carbons (Fsp3) is 0. The van der Waals surface area contributed by atoms with E-state index in [1.54, 1.807) is 24.3 Å². The number of anilines is 1. The van der Waals surface area contributed by atoms with E-state index in [4.69, 9.17) is 34.8 Å². The standard InChI is InChI=1S/C17H9Cl3N2O3/c18-10-3-1-2-9(6-10)7-12-15(23)21-17(25)22(16(12)24)11-4-5-13(19)14(20)8-11/h1-8H,(H,21,23,25)/b12-7+. The van der Waals surface area contributed by atoms with E-state index in [9.17, 15) is 14.4 Å². The number of imide groups is 2. The molecule has 3 rings (SSSR count). The van der Waals surface area contributed by atoms with Crippen molar-refractivity contribution in [3.63, 3.8) is 0 Å². The van der Waals surface area contributed by atoms with Gasteiger partial charge in [-0.15, -0.1) is 0 Å². The summed E-state index contributed by atoms with van der Waals surface area (Å²) >= 11 is 17.7. The fourth-order valence-corrected chi connectivity index (χ4v) is 2.77. The number of carbonyl (C=O) groups is 3. The number of benzene rings is 2. The molecule has 2 aromatic rings. The summed E-state index contributed by atoms with van der Waals surface area (Å²) in [6.45, 7) is 0. The summed E-state index contributed by atoms with van der Waals surface area (Å²) in [6.07, 6.45) is 1.36. The molecule has 1 N–H and O–H groups in total. The van der Waals surface area contributed by atoms with Gasteiger partial charge in [0.1, 0.15) is 5.57 Å². The average Bonchev–Trinajstić information content (AvgIpc) is 2.55. The third-order valence-electron chi connectivity index (χ3n) is 3.42. The molecule has 0 aliphatic carbocycles. The van der Waals surface area contributed by atoms with Crippen molar-refractivity contribution in [3.8, 4) is 0 Å². The highest BCUT2D eigenvalue weighted by Gasteiger charge is 2.36. The van der Waals surface area contributed by atoms with Gasteiger partial charge < -0.3 is 0 Å². The predicted molar refractivity (Wildman–Crippen MR) is 96.9 cm³/mol. The van der Waals surface area contributed by atoms with E-state index in [1.165, 1.54) is 24.3 Å². The van der Waals surface area contributed by atoms with Gasteiger partial charge >= 0.3 is 6.03 Å². The molecule has 0 bridgehead atoms. The molecular weight excluding hydrogens is 387 g/mol. The second kappa shape index (κ2) is 6.88. The zero-order chi connectivity index (χ0) is 18.1. The van der Waals surface area contributed by atoms with Crippen LogP contribution in [0.2, 0.25) is 15.1 Å². The Morgan fingerprint density at radius 2 is 1.68 bits per heavy atom. The van der Waals surface area contributed by atoms with Crippen molar-refractivity contribution in [2.45, 2.75) is 0 Å². The minimum absolute atomic E-state index is 0.178. The minimum atomic E-state index is -0.864. The lowest BCUT2D eigenvalue weighted by Crippen LogP contribution is -2.54. The minimum Gasteiger partial charge on any atom is -0.273 e. The van der Waals surface area contributed by atoms with Crippen LogP contribution in [0.1, 0.15) is 5.56 Å². The first-order chi connectivity index (χ1) is 11.9. The molecule has 0 atom stereocenters. The lowest BCUT2D eigenvalue weighted by atomic mass is 10.1. The van der Waals surface area contributed by atoms with Crippen LogP contribution < -0.4 is 10.2 Å². The molecule has 1 fully saturated rings. The normalized spacial score (nSPS) is 16.4. The van der Waals surface area contributed by atoms with E-state index in [1.807, 2.05) is 0 Å². The summed E-state index contributed by atoms with van der Waals surface area (Å²) in [7, 11) is 0. The van der Waals surface area contributed by atoms with Crippen LogP contribution in [0.15, 0.2) is 48.0 Å². The first-order valence-corrected chi connectivity index (χ1v) is 8.12. The van der Waals surface area contributed by atoms with Crippen molar-refractivity contribution in [2.24, 2.45) is 0 Å². The Balaban J connectivity index is 2.03. The average molecular weight is 396 g/mol. The van der Waals surface area contributed by atoms with Crippen LogP contribution in [0, 0.1) is 0 Å². The number of nitrogens with one attached hydrogen (secondary N) is 1. The Bertz CT molecular complexity index is 940. The second-order valence-corrected chi connectivity index (χ2v) is 6.36. The van der Waals surface area contributed by atoms with E-state index in [2.05, 4.69) is 5.32 Å². The maximum Gasteiger partial charge on any atom is 0.335 e. The zero-order valence-electron chi connectivity index (χ0n) is 12.4. The lowest BCUT2D eigenvalue weighted by molar-refractivity contribution is -0.122. The maximum atomic E-state index is 12.7. The SMILES string of the molecule is O=C1NC(=O)N(c2ccc(Cl)c(Cl)c2)C(=O)/C1=C/c1cccc(Cl)c1. The molecular formula is C17H9Cl3N2O3. The summed E-state index contributed by atoms with van der Waals surface area (Å²) in [5, 5.41) is 3.04. The molecule has 1 saturated heterocycles. The molecule has 0 spiro atoms. The number of rotatable bonds is 2. The summed E-state index contributed by atoms with van der Waals surface area (Å²) < 4.78 is 0. The number of carbonyl (C=O) groups excluding carboxylic acids is 3. The lowest BCUT2D eigenvalue weighted by Gasteiger charge is -2.26. The molecule has 0 saturated carbocycles. The number of amides is 4. The van der Waals surface area contributed by atoms with Gasteiger partial charge in [0.25, 0.3) is 11.8 Å². The molecule has 0 aromatic heterocycles. The van der Waals surface area contributed by atoms with Gasteiger partial charge in [-0.25, -0.2) is 9.69 Å². The maximum absolute atomic E-state index is 12.7. The quantitative estimate of drug-likeness (QED) is 0.608. The Labute approximate surface area is 157 Å². The summed E-state index contributed by atoms with van der Waals surface area (Å²) in [6, 6.07) is 10.0. The van der Waals surface area contributed by atoms with E-state index < -0.39 is 17.8 Å². The molecule has 5 nitrogen and oxygen atoms in total. The van der Waals surface area contributed by atoms with Crippen molar-refractivity contribution in [3.05, 3.63) is 68.7 Å². The zero-order valence-corrected chi connectivity index (χ0v) is 14.7. The molecule has 0 unspecified atom stereocenters. The van der Waals surface area contributed by atoms with Crippen LogP contribution in [0.4, 0.5) is 10.5 Å². The molecule has 1 heterocycles. The van der Waals surface area contributed by atoms with E-state index >= 15 is 0 Å². The molecule has 25 heavy (non-hydrogen) atoms. The first kappa shape index (κ1) is 17.5. The van der Waals surface area contributed by atoms with Gasteiger partial charge in [0.05, 0.1) is 15.7 Å². The number of hydrogen-bond acceptors (Lipinski definition) is 3. The van der Waals surface area contributed by atoms with Gasteiger partial charge in [-0.05, 0) is 42.0 Å². The summed E-state index contributed by atoms with van der Waals surface area (Å²) in [5.74, 6) is -1.56. The smallest absolute Gasteiger partial charge is 0.273 e. The largest absolute Gasteiger partial charge is 0.335 e. The third kappa shape index (κ3) is 3.54. The number of hydrogen-bond donors (Lipinski definition) is 1. The topological polar surface area (TPSA) is 66.5 Å². The predicted octanol–water partition coefficient (Wildman–Crippen LogP) is 4.31. The Kier molecular flexibility index (Phi) is 4.81. The first-order valence-electron chi connectivity index (χ1n) is 6.99. The van der Waals surface area contributed by atoms with Crippen molar-refractivity contribution in [2.75, 3.05) is 4.90 Å². The fourth-order valence-electron chi connectivity index (χ4n) is 2.28. The van der Waals surface area contributed by atoms with E-state index in [-0.39, 0.29) is 21.3 Å². The third-order valence-corrected chi connectivity index (χ3v) is 4.40. The molecule has 126 valence electrons. The van der Waals surface area contributed by atoms with Gasteiger partial charge in [-0.3, -0.25) is 14.9 Å². The molecule has 4 amide bonds. The van der Waals surface area contributed by atoms with Crippen LogP contribution in [-0.2, 0) is 9.59 Å².